The molecule has 0 aliphatic carbocycles. The fourth-order valence-electron chi connectivity index (χ4n) is 1.44. The van der Waals surface area contributed by atoms with Crippen LogP contribution in [-0.2, 0) is 0 Å². The third-order valence-electron chi connectivity index (χ3n) is 2.25. The van der Waals surface area contributed by atoms with Crippen molar-refractivity contribution in [2.24, 2.45) is 0 Å². The Kier molecular flexibility index (Phi) is 2.88. The second kappa shape index (κ2) is 4.18. The van der Waals surface area contributed by atoms with Crippen LogP contribution in [0.3, 0.4) is 0 Å². The lowest BCUT2D eigenvalue weighted by Gasteiger charge is -2.04. The van der Waals surface area contributed by atoms with E-state index in [1.165, 1.54) is 0 Å². The first-order valence-corrected chi connectivity index (χ1v) is 5.22. The smallest absolute Gasteiger partial charge is 0.181 e. The summed E-state index contributed by atoms with van der Waals surface area (Å²) in [5, 5.41) is -0.135. The lowest BCUT2D eigenvalue weighted by molar-refractivity contribution is 0.603. The minimum Gasteiger partial charge on any atom is -0.230 e. The highest BCUT2D eigenvalue weighted by Gasteiger charge is 2.10. The largest absolute Gasteiger partial charge is 0.230 e. The van der Waals surface area contributed by atoms with Gasteiger partial charge in [0, 0.05) is 5.56 Å². The maximum atomic E-state index is 13.2. The van der Waals surface area contributed by atoms with Crippen LogP contribution in [0, 0.1) is 19.7 Å². The molecule has 0 radical (unpaired) electrons. The van der Waals surface area contributed by atoms with Crippen molar-refractivity contribution < 1.29 is 4.39 Å². The monoisotopic (exact) mass is 236 g/mol. The molecule has 4 heteroatoms. The summed E-state index contributed by atoms with van der Waals surface area (Å²) in [5.74, 6) is -0.106. The van der Waals surface area contributed by atoms with E-state index in [9.17, 15) is 4.39 Å². The fraction of sp³-hybridized carbons (Fsp3) is 0.167. The van der Waals surface area contributed by atoms with Crippen molar-refractivity contribution in [1.29, 1.82) is 0 Å². The van der Waals surface area contributed by atoms with Crippen molar-refractivity contribution in [1.82, 2.24) is 9.97 Å². The summed E-state index contributed by atoms with van der Waals surface area (Å²) in [6.07, 6.45) is 0. The van der Waals surface area contributed by atoms with Crippen LogP contribution in [0.1, 0.15) is 11.3 Å². The molecule has 0 N–H and O–H groups in total. The van der Waals surface area contributed by atoms with Gasteiger partial charge >= 0.3 is 0 Å². The predicted octanol–water partition coefficient (Wildman–Crippen LogP) is 3.55. The van der Waals surface area contributed by atoms with Crippen molar-refractivity contribution in [3.05, 3.63) is 46.5 Å². The number of aromatic nitrogens is 2. The van der Waals surface area contributed by atoms with Crippen LogP contribution in [0.15, 0.2) is 24.3 Å². The van der Waals surface area contributed by atoms with Crippen molar-refractivity contribution in [2.75, 3.05) is 0 Å². The van der Waals surface area contributed by atoms with Crippen molar-refractivity contribution in [3.8, 4) is 11.4 Å². The van der Waals surface area contributed by atoms with Gasteiger partial charge in [0.15, 0.2) is 16.8 Å². The number of rotatable bonds is 1. The third-order valence-corrected chi connectivity index (χ3v) is 2.50. The normalized spacial score (nSPS) is 10.5. The fourth-order valence-corrected chi connectivity index (χ4v) is 1.65. The van der Waals surface area contributed by atoms with Crippen LogP contribution in [0.25, 0.3) is 11.4 Å². The Morgan fingerprint density at radius 1 is 1.19 bits per heavy atom. The molecule has 16 heavy (non-hydrogen) atoms. The van der Waals surface area contributed by atoms with E-state index in [0.29, 0.717) is 5.82 Å². The van der Waals surface area contributed by atoms with E-state index >= 15 is 0 Å². The Morgan fingerprint density at radius 3 is 2.56 bits per heavy atom. The maximum Gasteiger partial charge on any atom is 0.181 e. The van der Waals surface area contributed by atoms with Gasteiger partial charge in [-0.1, -0.05) is 35.4 Å². The second-order valence-electron chi connectivity index (χ2n) is 3.61. The summed E-state index contributed by atoms with van der Waals surface area (Å²) in [6, 6.07) is 7.68. The van der Waals surface area contributed by atoms with Crippen LogP contribution >= 0.6 is 11.6 Å². The molecule has 2 rings (SSSR count). The van der Waals surface area contributed by atoms with Gasteiger partial charge in [0.05, 0.1) is 5.69 Å². The number of aryl methyl sites for hydroxylation is 2. The van der Waals surface area contributed by atoms with Gasteiger partial charge in [-0.15, -0.1) is 0 Å². The van der Waals surface area contributed by atoms with E-state index in [1.54, 1.807) is 6.92 Å². The average molecular weight is 237 g/mol. The third kappa shape index (κ3) is 2.04. The van der Waals surface area contributed by atoms with Gasteiger partial charge < -0.3 is 0 Å². The first-order valence-electron chi connectivity index (χ1n) is 4.84. The second-order valence-corrected chi connectivity index (χ2v) is 3.96. The molecule has 0 atom stereocenters. The molecular weight excluding hydrogens is 227 g/mol. The first kappa shape index (κ1) is 11.0. The quantitative estimate of drug-likeness (QED) is 0.708. The van der Waals surface area contributed by atoms with Crippen LogP contribution in [0.5, 0.6) is 0 Å². The Balaban J connectivity index is 2.57. The summed E-state index contributed by atoms with van der Waals surface area (Å²) in [4.78, 5) is 8.00. The van der Waals surface area contributed by atoms with Gasteiger partial charge in [0.2, 0.25) is 0 Å². The SMILES string of the molecule is Cc1cccc(-c2nc(C)c(F)c(Cl)n2)c1. The molecule has 0 amide bonds. The predicted molar refractivity (Wildman–Crippen MR) is 61.9 cm³/mol. The Morgan fingerprint density at radius 2 is 1.94 bits per heavy atom. The standard InChI is InChI=1S/C12H10ClFN2/c1-7-4-3-5-9(6-7)12-15-8(2)10(14)11(13)16-12/h3-6H,1-2H3. The summed E-state index contributed by atoms with van der Waals surface area (Å²) < 4.78 is 13.2. The van der Waals surface area contributed by atoms with E-state index in [1.807, 2.05) is 31.2 Å². The summed E-state index contributed by atoms with van der Waals surface area (Å²) in [6.45, 7) is 3.55. The minimum absolute atomic E-state index is 0.135. The first-order chi connectivity index (χ1) is 7.58. The molecule has 1 aromatic carbocycles. The Hall–Kier alpha value is -1.48. The van der Waals surface area contributed by atoms with Crippen LogP contribution in [-0.4, -0.2) is 9.97 Å². The van der Waals surface area contributed by atoms with Crippen LogP contribution in [0.2, 0.25) is 5.15 Å². The zero-order valence-electron chi connectivity index (χ0n) is 8.96. The highest BCUT2D eigenvalue weighted by Crippen LogP contribution is 2.21. The topological polar surface area (TPSA) is 25.8 Å². The van der Waals surface area contributed by atoms with E-state index < -0.39 is 5.82 Å². The van der Waals surface area contributed by atoms with Crippen LogP contribution < -0.4 is 0 Å². The van der Waals surface area contributed by atoms with E-state index in [-0.39, 0.29) is 10.8 Å². The maximum absolute atomic E-state index is 13.2. The molecule has 0 bridgehead atoms. The molecule has 0 fully saturated rings. The average Bonchev–Trinajstić information content (AvgIpc) is 2.25. The van der Waals surface area contributed by atoms with Gasteiger partial charge in [0.25, 0.3) is 0 Å². The minimum atomic E-state index is -0.557. The van der Waals surface area contributed by atoms with Crippen molar-refractivity contribution >= 4 is 11.6 Å². The Bertz CT molecular complexity index is 517. The van der Waals surface area contributed by atoms with Crippen molar-refractivity contribution in [2.45, 2.75) is 13.8 Å². The van der Waals surface area contributed by atoms with E-state index in [4.69, 9.17) is 11.6 Å². The van der Waals surface area contributed by atoms with E-state index in [0.717, 1.165) is 11.1 Å². The van der Waals surface area contributed by atoms with Gasteiger partial charge in [-0.05, 0) is 19.9 Å². The number of nitrogens with zero attached hydrogens (tertiary/aromatic N) is 2. The summed E-state index contributed by atoms with van der Waals surface area (Å²) >= 11 is 5.68. The molecule has 82 valence electrons. The molecule has 2 nitrogen and oxygen atoms in total. The van der Waals surface area contributed by atoms with Gasteiger partial charge in [-0.25, -0.2) is 14.4 Å². The Labute approximate surface area is 98.1 Å². The lowest BCUT2D eigenvalue weighted by atomic mass is 10.1. The van der Waals surface area contributed by atoms with Crippen molar-refractivity contribution in [3.63, 3.8) is 0 Å². The highest BCUT2D eigenvalue weighted by atomic mass is 35.5. The molecule has 1 aromatic heterocycles. The number of benzene rings is 1. The number of hydrogen-bond donors (Lipinski definition) is 0. The molecule has 0 unspecified atom stereocenters. The highest BCUT2D eigenvalue weighted by molar-refractivity contribution is 6.29. The number of halogens is 2. The summed E-state index contributed by atoms with van der Waals surface area (Å²) in [5.41, 5.74) is 2.20. The molecule has 0 aliphatic rings. The zero-order valence-corrected chi connectivity index (χ0v) is 9.72. The van der Waals surface area contributed by atoms with Crippen LogP contribution in [0.4, 0.5) is 4.39 Å². The molecule has 0 aliphatic heterocycles. The van der Waals surface area contributed by atoms with Gasteiger partial charge in [-0.2, -0.15) is 0 Å². The molecule has 0 saturated heterocycles. The molecule has 0 spiro atoms. The van der Waals surface area contributed by atoms with Gasteiger partial charge in [-0.3, -0.25) is 0 Å². The van der Waals surface area contributed by atoms with Gasteiger partial charge in [0.1, 0.15) is 0 Å². The zero-order chi connectivity index (χ0) is 11.7. The lowest BCUT2D eigenvalue weighted by Crippen LogP contribution is -1.97. The molecule has 1 heterocycles. The molecular formula is C12H10ClFN2. The summed E-state index contributed by atoms with van der Waals surface area (Å²) in [7, 11) is 0. The molecule has 0 saturated carbocycles. The van der Waals surface area contributed by atoms with E-state index in [2.05, 4.69) is 9.97 Å². The molecule has 2 aromatic rings. The number of hydrogen-bond acceptors (Lipinski definition) is 2.